The van der Waals surface area contributed by atoms with E-state index in [-0.39, 0.29) is 12.6 Å². The summed E-state index contributed by atoms with van der Waals surface area (Å²) in [6.45, 7) is 0.900. The number of carbonyl (C=O) groups excluding carboxylic acids is 1. The fourth-order valence-electron chi connectivity index (χ4n) is 1.99. The molecule has 1 aromatic rings. The monoisotopic (exact) mass is 326 g/mol. The minimum absolute atomic E-state index is 0.0430. The summed E-state index contributed by atoms with van der Waals surface area (Å²) < 4.78 is 0.948. The molecule has 104 valence electrons. The molecule has 5 heteroatoms. The van der Waals surface area contributed by atoms with Crippen LogP contribution in [0.4, 0.5) is 10.5 Å². The normalized spacial score (nSPS) is 14.2. The standard InChI is InChI=1S/C14H19BrN2O2/c15-11-4-3-5-12(10-11)16-14(19)17(13-6-7-13)8-1-2-9-18/h3-5,10,13,18H,1-2,6-9H2,(H,16,19). The Balaban J connectivity index is 1.91. The van der Waals surface area contributed by atoms with Crippen molar-refractivity contribution in [3.63, 3.8) is 0 Å². The molecule has 1 fully saturated rings. The van der Waals surface area contributed by atoms with E-state index in [1.807, 2.05) is 29.2 Å². The van der Waals surface area contributed by atoms with Crippen LogP contribution in [-0.2, 0) is 0 Å². The Labute approximate surface area is 121 Å². The van der Waals surface area contributed by atoms with Gasteiger partial charge in [-0.15, -0.1) is 0 Å². The molecule has 0 bridgehead atoms. The number of rotatable bonds is 6. The van der Waals surface area contributed by atoms with E-state index in [2.05, 4.69) is 21.2 Å². The predicted molar refractivity (Wildman–Crippen MR) is 79.2 cm³/mol. The number of benzene rings is 1. The van der Waals surface area contributed by atoms with Crippen LogP contribution in [0.15, 0.2) is 28.7 Å². The topological polar surface area (TPSA) is 52.6 Å². The molecule has 2 amide bonds. The van der Waals surface area contributed by atoms with Gasteiger partial charge in [0.25, 0.3) is 0 Å². The first-order valence-electron chi connectivity index (χ1n) is 6.65. The lowest BCUT2D eigenvalue weighted by molar-refractivity contribution is 0.204. The molecule has 2 rings (SSSR count). The van der Waals surface area contributed by atoms with Crippen molar-refractivity contribution in [3.8, 4) is 0 Å². The Morgan fingerprint density at radius 1 is 1.42 bits per heavy atom. The number of aliphatic hydroxyl groups excluding tert-OH is 1. The molecule has 1 aromatic carbocycles. The van der Waals surface area contributed by atoms with Crippen molar-refractivity contribution in [1.82, 2.24) is 4.90 Å². The third-order valence-corrected chi connectivity index (χ3v) is 3.62. The van der Waals surface area contributed by atoms with Gasteiger partial charge in [0, 0.05) is 29.4 Å². The molecule has 1 saturated carbocycles. The Morgan fingerprint density at radius 3 is 2.84 bits per heavy atom. The molecule has 0 spiro atoms. The van der Waals surface area contributed by atoms with Gasteiger partial charge in [-0.05, 0) is 43.9 Å². The molecule has 0 unspecified atom stereocenters. The van der Waals surface area contributed by atoms with Crippen molar-refractivity contribution < 1.29 is 9.90 Å². The van der Waals surface area contributed by atoms with Crippen molar-refractivity contribution in [3.05, 3.63) is 28.7 Å². The summed E-state index contributed by atoms with van der Waals surface area (Å²) in [6.07, 6.45) is 3.77. The zero-order valence-electron chi connectivity index (χ0n) is 10.8. The number of amides is 2. The van der Waals surface area contributed by atoms with Crippen LogP contribution >= 0.6 is 15.9 Å². The number of hydrogen-bond donors (Lipinski definition) is 2. The zero-order chi connectivity index (χ0) is 13.7. The van der Waals surface area contributed by atoms with Crippen molar-refractivity contribution in [2.24, 2.45) is 0 Å². The maximum atomic E-state index is 12.2. The highest BCUT2D eigenvalue weighted by atomic mass is 79.9. The highest BCUT2D eigenvalue weighted by molar-refractivity contribution is 9.10. The highest BCUT2D eigenvalue weighted by Crippen LogP contribution is 2.28. The van der Waals surface area contributed by atoms with Gasteiger partial charge in [-0.1, -0.05) is 22.0 Å². The van der Waals surface area contributed by atoms with Crippen molar-refractivity contribution in [2.45, 2.75) is 31.7 Å². The second-order valence-electron chi connectivity index (χ2n) is 4.80. The first-order chi connectivity index (χ1) is 9.20. The van der Waals surface area contributed by atoms with Crippen LogP contribution < -0.4 is 5.32 Å². The molecule has 1 aliphatic rings. The predicted octanol–water partition coefficient (Wildman–Crippen LogP) is 3.22. The molecule has 0 aromatic heterocycles. The lowest BCUT2D eigenvalue weighted by atomic mass is 10.3. The SMILES string of the molecule is O=C(Nc1cccc(Br)c1)N(CCCCO)C1CC1. The summed E-state index contributed by atoms with van der Waals surface area (Å²) >= 11 is 3.39. The molecule has 19 heavy (non-hydrogen) atoms. The zero-order valence-corrected chi connectivity index (χ0v) is 12.4. The minimum Gasteiger partial charge on any atom is -0.396 e. The fourth-order valence-corrected chi connectivity index (χ4v) is 2.39. The number of aliphatic hydroxyl groups is 1. The van der Waals surface area contributed by atoms with Gasteiger partial charge in [-0.25, -0.2) is 4.79 Å². The van der Waals surface area contributed by atoms with Crippen molar-refractivity contribution in [1.29, 1.82) is 0 Å². The van der Waals surface area contributed by atoms with E-state index in [4.69, 9.17) is 5.11 Å². The Kier molecular flexibility index (Phi) is 5.22. The van der Waals surface area contributed by atoms with Crippen LogP contribution in [0.25, 0.3) is 0 Å². The van der Waals surface area contributed by atoms with Gasteiger partial charge in [0.05, 0.1) is 0 Å². The van der Waals surface area contributed by atoms with Gasteiger partial charge < -0.3 is 15.3 Å². The summed E-state index contributed by atoms with van der Waals surface area (Å²) in [5.74, 6) is 0. The van der Waals surface area contributed by atoms with E-state index in [0.29, 0.717) is 12.6 Å². The highest BCUT2D eigenvalue weighted by Gasteiger charge is 2.32. The molecular weight excluding hydrogens is 308 g/mol. The van der Waals surface area contributed by atoms with E-state index < -0.39 is 0 Å². The first kappa shape index (κ1) is 14.3. The molecule has 0 atom stereocenters. The second kappa shape index (κ2) is 6.91. The number of nitrogens with one attached hydrogen (secondary N) is 1. The summed E-state index contributed by atoms with van der Waals surface area (Å²) in [5.41, 5.74) is 0.798. The van der Waals surface area contributed by atoms with Crippen LogP contribution in [-0.4, -0.2) is 35.2 Å². The molecule has 4 nitrogen and oxygen atoms in total. The Bertz CT molecular complexity index is 435. The first-order valence-corrected chi connectivity index (χ1v) is 7.44. The van der Waals surface area contributed by atoms with Crippen molar-refractivity contribution in [2.75, 3.05) is 18.5 Å². The van der Waals surface area contributed by atoms with Crippen LogP contribution in [0, 0.1) is 0 Å². The third kappa shape index (κ3) is 4.51. The van der Waals surface area contributed by atoms with E-state index in [1.165, 1.54) is 0 Å². The summed E-state index contributed by atoms with van der Waals surface area (Å²) in [4.78, 5) is 14.1. The minimum atomic E-state index is -0.0430. The van der Waals surface area contributed by atoms with Gasteiger partial charge in [-0.2, -0.15) is 0 Å². The van der Waals surface area contributed by atoms with E-state index in [1.54, 1.807) is 0 Å². The van der Waals surface area contributed by atoms with Crippen LogP contribution in [0.2, 0.25) is 0 Å². The maximum Gasteiger partial charge on any atom is 0.322 e. The smallest absolute Gasteiger partial charge is 0.322 e. The maximum absolute atomic E-state index is 12.2. The average Bonchev–Trinajstić information content (AvgIpc) is 3.19. The van der Waals surface area contributed by atoms with E-state index >= 15 is 0 Å². The quantitative estimate of drug-likeness (QED) is 0.788. The molecule has 0 saturated heterocycles. The van der Waals surface area contributed by atoms with Crippen LogP contribution in [0.3, 0.4) is 0 Å². The lowest BCUT2D eigenvalue weighted by Gasteiger charge is -2.22. The Morgan fingerprint density at radius 2 is 2.21 bits per heavy atom. The molecule has 0 radical (unpaired) electrons. The summed E-state index contributed by atoms with van der Waals surface area (Å²) in [5, 5.41) is 11.7. The molecule has 0 aliphatic heterocycles. The summed E-state index contributed by atoms with van der Waals surface area (Å²) in [6, 6.07) is 7.92. The van der Waals surface area contributed by atoms with E-state index in [0.717, 1.165) is 35.8 Å². The van der Waals surface area contributed by atoms with Gasteiger partial charge in [0.2, 0.25) is 0 Å². The third-order valence-electron chi connectivity index (χ3n) is 3.13. The Hall–Kier alpha value is -1.07. The number of halogens is 1. The number of hydrogen-bond acceptors (Lipinski definition) is 2. The van der Waals surface area contributed by atoms with Gasteiger partial charge >= 0.3 is 6.03 Å². The van der Waals surface area contributed by atoms with Crippen LogP contribution in [0.1, 0.15) is 25.7 Å². The number of unbranched alkanes of at least 4 members (excludes halogenated alkanes) is 1. The van der Waals surface area contributed by atoms with Gasteiger partial charge in [-0.3, -0.25) is 0 Å². The number of urea groups is 1. The second-order valence-corrected chi connectivity index (χ2v) is 5.71. The lowest BCUT2D eigenvalue weighted by Crippen LogP contribution is -2.37. The van der Waals surface area contributed by atoms with Crippen molar-refractivity contribution >= 4 is 27.6 Å². The fraction of sp³-hybridized carbons (Fsp3) is 0.500. The number of anilines is 1. The molecular formula is C14H19BrN2O2. The van der Waals surface area contributed by atoms with Crippen LogP contribution in [0.5, 0.6) is 0 Å². The van der Waals surface area contributed by atoms with Gasteiger partial charge in [0.15, 0.2) is 0 Å². The van der Waals surface area contributed by atoms with Gasteiger partial charge in [0.1, 0.15) is 0 Å². The molecule has 0 heterocycles. The molecule has 1 aliphatic carbocycles. The number of nitrogens with zero attached hydrogens (tertiary/aromatic N) is 1. The summed E-state index contributed by atoms with van der Waals surface area (Å²) in [7, 11) is 0. The number of carbonyl (C=O) groups is 1. The average molecular weight is 327 g/mol. The molecule has 2 N–H and O–H groups in total. The largest absolute Gasteiger partial charge is 0.396 e. The van der Waals surface area contributed by atoms with E-state index in [9.17, 15) is 4.79 Å².